The van der Waals surface area contributed by atoms with Gasteiger partial charge in [-0.1, -0.05) is 12.1 Å². The number of nitrogens with two attached hydrogens (primary N) is 1. The number of carbonyl (C=O) groups is 2. The topological polar surface area (TPSA) is 101 Å². The zero-order valence-electron chi connectivity index (χ0n) is 13.3. The predicted molar refractivity (Wildman–Crippen MR) is 89.0 cm³/mol. The average molecular weight is 351 g/mol. The van der Waals surface area contributed by atoms with Crippen LogP contribution in [0.2, 0.25) is 0 Å². The molecule has 3 rings (SSSR count). The lowest BCUT2D eigenvalue weighted by Gasteiger charge is -2.23. The van der Waals surface area contributed by atoms with Gasteiger partial charge >= 0.3 is 0 Å². The molecule has 1 atom stereocenters. The summed E-state index contributed by atoms with van der Waals surface area (Å²) < 4.78 is 26.3. The minimum Gasteiger partial charge on any atom is -0.329 e. The van der Waals surface area contributed by atoms with Gasteiger partial charge in [-0.05, 0) is 31.4 Å². The molecule has 7 nitrogen and oxygen atoms in total. The van der Waals surface area contributed by atoms with Gasteiger partial charge in [0, 0.05) is 25.7 Å². The highest BCUT2D eigenvalue weighted by molar-refractivity contribution is 7.89. The van der Waals surface area contributed by atoms with Crippen molar-refractivity contribution in [1.82, 2.24) is 9.21 Å². The summed E-state index contributed by atoms with van der Waals surface area (Å²) in [6, 6.07) is 6.51. The number of imide groups is 1. The van der Waals surface area contributed by atoms with Crippen molar-refractivity contribution in [2.45, 2.75) is 25.3 Å². The minimum atomic E-state index is -3.41. The lowest BCUT2D eigenvalue weighted by atomic mass is 10.1. The molecule has 2 amide bonds. The molecule has 2 N–H and O–H groups in total. The van der Waals surface area contributed by atoms with E-state index in [4.69, 9.17) is 5.73 Å². The van der Waals surface area contributed by atoms with E-state index in [1.165, 1.54) is 4.31 Å². The summed E-state index contributed by atoms with van der Waals surface area (Å²) in [5, 5.41) is 0. The second-order valence-corrected chi connectivity index (χ2v) is 8.16. The molecule has 1 aromatic carbocycles. The van der Waals surface area contributed by atoms with E-state index in [9.17, 15) is 18.0 Å². The molecule has 1 aromatic rings. The zero-order chi connectivity index (χ0) is 17.3. The number of hydrogen-bond donors (Lipinski definition) is 1. The van der Waals surface area contributed by atoms with E-state index >= 15 is 0 Å². The van der Waals surface area contributed by atoms with Crippen LogP contribution in [0.3, 0.4) is 0 Å². The molecule has 0 aliphatic carbocycles. The van der Waals surface area contributed by atoms with Gasteiger partial charge in [-0.2, -0.15) is 4.31 Å². The second-order valence-electron chi connectivity index (χ2n) is 6.12. The summed E-state index contributed by atoms with van der Waals surface area (Å²) in [7, 11) is -3.41. The highest BCUT2D eigenvalue weighted by atomic mass is 32.2. The van der Waals surface area contributed by atoms with Crippen LogP contribution in [-0.2, 0) is 10.0 Å². The third-order valence-electron chi connectivity index (χ3n) is 4.61. The second kappa shape index (κ2) is 6.62. The Balaban J connectivity index is 1.61. The molecule has 24 heavy (non-hydrogen) atoms. The molecule has 0 saturated carbocycles. The number of sulfonamides is 1. The fourth-order valence-electron chi connectivity index (χ4n) is 3.38. The molecule has 8 heteroatoms. The van der Waals surface area contributed by atoms with Crippen LogP contribution >= 0.6 is 0 Å². The fourth-order valence-corrected chi connectivity index (χ4v) is 5.16. The highest BCUT2D eigenvalue weighted by Crippen LogP contribution is 2.24. The van der Waals surface area contributed by atoms with Gasteiger partial charge in [0.05, 0.1) is 16.9 Å². The number of rotatable bonds is 6. The highest BCUT2D eigenvalue weighted by Gasteiger charge is 2.36. The Morgan fingerprint density at radius 2 is 1.75 bits per heavy atom. The minimum absolute atomic E-state index is 0.0864. The van der Waals surface area contributed by atoms with E-state index in [0.717, 1.165) is 17.7 Å². The number of hydrogen-bond acceptors (Lipinski definition) is 5. The van der Waals surface area contributed by atoms with E-state index in [1.54, 1.807) is 24.3 Å². The predicted octanol–water partition coefficient (Wildman–Crippen LogP) is 0.426. The van der Waals surface area contributed by atoms with Crippen LogP contribution in [0.5, 0.6) is 0 Å². The Morgan fingerprint density at radius 3 is 2.33 bits per heavy atom. The van der Waals surface area contributed by atoms with E-state index in [-0.39, 0.29) is 36.6 Å². The molecular weight excluding hydrogens is 330 g/mol. The monoisotopic (exact) mass is 351 g/mol. The van der Waals surface area contributed by atoms with Gasteiger partial charge in [0.2, 0.25) is 10.0 Å². The van der Waals surface area contributed by atoms with Gasteiger partial charge in [0.1, 0.15) is 0 Å². The Labute approximate surface area is 141 Å². The van der Waals surface area contributed by atoms with Crippen LogP contribution in [0.4, 0.5) is 0 Å². The van der Waals surface area contributed by atoms with Gasteiger partial charge in [-0.3, -0.25) is 14.5 Å². The van der Waals surface area contributed by atoms with Crippen LogP contribution < -0.4 is 5.73 Å². The Morgan fingerprint density at radius 1 is 1.12 bits per heavy atom. The maximum atomic E-state index is 12.4. The van der Waals surface area contributed by atoms with Gasteiger partial charge in [0.25, 0.3) is 11.8 Å². The number of fused-ring (bicyclic) bond motifs is 1. The molecule has 1 fully saturated rings. The standard InChI is InChI=1S/C16H21N3O4S/c17-11-12-5-3-9-19(12)24(22,23)10-4-8-18-15(20)13-6-1-2-7-14(13)16(18)21/h1-2,6-7,12H,3-5,8-11,17H2. The van der Waals surface area contributed by atoms with E-state index < -0.39 is 10.0 Å². The summed E-state index contributed by atoms with van der Waals surface area (Å²) in [4.78, 5) is 25.6. The molecular formula is C16H21N3O4S. The Kier molecular flexibility index (Phi) is 4.71. The third-order valence-corrected chi connectivity index (χ3v) is 6.61. The lowest BCUT2D eigenvalue weighted by molar-refractivity contribution is 0.0654. The lowest BCUT2D eigenvalue weighted by Crippen LogP contribution is -2.41. The molecule has 0 aromatic heterocycles. The third kappa shape index (κ3) is 2.97. The molecule has 0 bridgehead atoms. The van der Waals surface area contributed by atoms with Gasteiger partial charge in [0.15, 0.2) is 0 Å². The van der Waals surface area contributed by atoms with Crippen molar-refractivity contribution in [2.24, 2.45) is 5.73 Å². The first-order valence-electron chi connectivity index (χ1n) is 8.10. The number of carbonyl (C=O) groups excluding carboxylic acids is 2. The summed E-state index contributed by atoms with van der Waals surface area (Å²) in [5.41, 5.74) is 6.40. The van der Waals surface area contributed by atoms with Crippen LogP contribution in [-0.4, -0.2) is 60.9 Å². The molecule has 130 valence electrons. The van der Waals surface area contributed by atoms with Crippen LogP contribution in [0.1, 0.15) is 40.0 Å². The average Bonchev–Trinajstić information content (AvgIpc) is 3.15. The van der Waals surface area contributed by atoms with E-state index in [0.29, 0.717) is 24.2 Å². The van der Waals surface area contributed by atoms with E-state index in [2.05, 4.69) is 0 Å². The maximum absolute atomic E-state index is 12.4. The summed E-state index contributed by atoms with van der Waals surface area (Å²) in [5.74, 6) is -0.792. The first kappa shape index (κ1) is 17.1. The number of benzene rings is 1. The van der Waals surface area contributed by atoms with Crippen molar-refractivity contribution >= 4 is 21.8 Å². The normalized spacial score (nSPS) is 21.5. The fraction of sp³-hybridized carbons (Fsp3) is 0.500. The summed E-state index contributed by atoms with van der Waals surface area (Å²) in [6.45, 7) is 0.918. The zero-order valence-corrected chi connectivity index (χ0v) is 14.2. The molecule has 2 aliphatic heterocycles. The molecule has 0 radical (unpaired) electrons. The quantitative estimate of drug-likeness (QED) is 0.749. The molecule has 1 unspecified atom stereocenters. The Bertz CT molecular complexity index is 727. The summed E-state index contributed by atoms with van der Waals surface area (Å²) in [6.07, 6.45) is 1.83. The summed E-state index contributed by atoms with van der Waals surface area (Å²) >= 11 is 0. The molecule has 0 spiro atoms. The van der Waals surface area contributed by atoms with Crippen molar-refractivity contribution in [2.75, 3.05) is 25.4 Å². The largest absolute Gasteiger partial charge is 0.329 e. The van der Waals surface area contributed by atoms with Crippen molar-refractivity contribution in [3.8, 4) is 0 Å². The van der Waals surface area contributed by atoms with Crippen LogP contribution in [0.15, 0.2) is 24.3 Å². The van der Waals surface area contributed by atoms with Crippen molar-refractivity contribution in [1.29, 1.82) is 0 Å². The Hall–Kier alpha value is -1.77. The number of nitrogens with zero attached hydrogens (tertiary/aromatic N) is 2. The van der Waals surface area contributed by atoms with Crippen molar-refractivity contribution in [3.05, 3.63) is 35.4 Å². The first-order valence-corrected chi connectivity index (χ1v) is 9.71. The maximum Gasteiger partial charge on any atom is 0.261 e. The van der Waals surface area contributed by atoms with Crippen molar-refractivity contribution in [3.63, 3.8) is 0 Å². The molecule has 2 heterocycles. The van der Waals surface area contributed by atoms with Gasteiger partial charge < -0.3 is 5.73 Å². The van der Waals surface area contributed by atoms with Gasteiger partial charge in [-0.15, -0.1) is 0 Å². The van der Waals surface area contributed by atoms with Crippen LogP contribution in [0, 0.1) is 0 Å². The van der Waals surface area contributed by atoms with Gasteiger partial charge in [-0.25, -0.2) is 8.42 Å². The smallest absolute Gasteiger partial charge is 0.261 e. The number of amides is 2. The first-order chi connectivity index (χ1) is 11.5. The van der Waals surface area contributed by atoms with Crippen molar-refractivity contribution < 1.29 is 18.0 Å². The van der Waals surface area contributed by atoms with Crippen LogP contribution in [0.25, 0.3) is 0 Å². The SMILES string of the molecule is NCC1CCCN1S(=O)(=O)CCCN1C(=O)c2ccccc2C1=O. The molecule has 1 saturated heterocycles. The van der Waals surface area contributed by atoms with E-state index in [1.807, 2.05) is 0 Å². The molecule has 2 aliphatic rings.